The maximum atomic E-state index is 11.8. The quantitative estimate of drug-likeness (QED) is 0.727. The second kappa shape index (κ2) is 5.35. The van der Waals surface area contributed by atoms with Crippen LogP contribution in [0.25, 0.3) is 11.4 Å². The molecular weight excluding hydrogens is 272 g/mol. The fourth-order valence-corrected chi connectivity index (χ4v) is 2.06. The summed E-state index contributed by atoms with van der Waals surface area (Å²) >= 11 is 0. The average Bonchev–Trinajstić information content (AvgIpc) is 3.08. The van der Waals surface area contributed by atoms with Crippen molar-refractivity contribution in [3.05, 3.63) is 52.1 Å². The summed E-state index contributed by atoms with van der Waals surface area (Å²) < 4.78 is 11.3. The van der Waals surface area contributed by atoms with E-state index in [0.29, 0.717) is 24.0 Å². The van der Waals surface area contributed by atoms with Crippen LogP contribution >= 0.6 is 0 Å². The van der Waals surface area contributed by atoms with Crippen LogP contribution in [0.15, 0.2) is 38.1 Å². The fourth-order valence-electron chi connectivity index (χ4n) is 2.06. The second-order valence-electron chi connectivity index (χ2n) is 4.63. The summed E-state index contributed by atoms with van der Waals surface area (Å²) in [5, 5.41) is 7.67. The van der Waals surface area contributed by atoms with E-state index in [1.165, 1.54) is 4.57 Å². The number of benzene rings is 1. The minimum atomic E-state index is -0.551. The van der Waals surface area contributed by atoms with E-state index in [-0.39, 0.29) is 6.54 Å². The molecule has 0 fully saturated rings. The number of rotatable bonds is 4. The summed E-state index contributed by atoms with van der Waals surface area (Å²) in [7, 11) is 0. The van der Waals surface area contributed by atoms with Crippen molar-refractivity contribution >= 4 is 0 Å². The Labute approximate surface area is 120 Å². The van der Waals surface area contributed by atoms with Crippen LogP contribution in [0.2, 0.25) is 0 Å². The van der Waals surface area contributed by atoms with Gasteiger partial charge in [-0.05, 0) is 12.5 Å². The van der Waals surface area contributed by atoms with Gasteiger partial charge in [0.25, 0.3) is 0 Å². The molecule has 1 aromatic carbocycles. The number of hydrogen-bond acceptors (Lipinski definition) is 6. The van der Waals surface area contributed by atoms with Crippen molar-refractivity contribution < 1.29 is 9.05 Å². The normalized spacial score (nSPS) is 11.0. The van der Waals surface area contributed by atoms with E-state index in [1.807, 2.05) is 38.1 Å². The van der Waals surface area contributed by atoms with Crippen LogP contribution < -0.4 is 5.76 Å². The van der Waals surface area contributed by atoms with Crippen molar-refractivity contribution in [1.82, 2.24) is 19.9 Å². The van der Waals surface area contributed by atoms with Crippen molar-refractivity contribution in [1.29, 1.82) is 0 Å². The highest BCUT2D eigenvalue weighted by Crippen LogP contribution is 2.20. The smallest absolute Gasteiger partial charge is 0.337 e. The molecule has 0 N–H and O–H groups in total. The second-order valence-corrected chi connectivity index (χ2v) is 4.63. The lowest BCUT2D eigenvalue weighted by Gasteiger charge is -2.04. The first-order valence-corrected chi connectivity index (χ1v) is 6.63. The molecule has 7 nitrogen and oxygen atoms in total. The zero-order valence-electron chi connectivity index (χ0n) is 11.7. The van der Waals surface area contributed by atoms with Gasteiger partial charge in [-0.3, -0.25) is 4.52 Å². The third-order valence-electron chi connectivity index (χ3n) is 3.19. The highest BCUT2D eigenvalue weighted by Gasteiger charge is 2.17. The van der Waals surface area contributed by atoms with Crippen molar-refractivity contribution in [3.63, 3.8) is 0 Å². The highest BCUT2D eigenvalue weighted by atomic mass is 16.5. The zero-order chi connectivity index (χ0) is 14.8. The Morgan fingerprint density at radius 2 is 2.00 bits per heavy atom. The first-order chi connectivity index (χ1) is 10.2. The Hall–Kier alpha value is -2.70. The minimum Gasteiger partial charge on any atom is -0.337 e. The van der Waals surface area contributed by atoms with Gasteiger partial charge in [0.2, 0.25) is 5.89 Å². The van der Waals surface area contributed by atoms with Gasteiger partial charge in [0.1, 0.15) is 6.54 Å². The van der Waals surface area contributed by atoms with Crippen LogP contribution in [0.5, 0.6) is 0 Å². The Balaban J connectivity index is 2.01. The molecule has 0 aliphatic heterocycles. The predicted octanol–water partition coefficient (Wildman–Crippen LogP) is 1.81. The topological polar surface area (TPSA) is 87.0 Å². The van der Waals surface area contributed by atoms with Crippen LogP contribution in [0.1, 0.15) is 24.2 Å². The molecule has 0 amide bonds. The van der Waals surface area contributed by atoms with E-state index in [0.717, 1.165) is 11.1 Å². The molecule has 2 heterocycles. The van der Waals surface area contributed by atoms with Crippen molar-refractivity contribution in [2.24, 2.45) is 0 Å². The first kappa shape index (κ1) is 13.3. The number of hydrogen-bond donors (Lipinski definition) is 0. The Bertz CT molecular complexity index is 815. The minimum absolute atomic E-state index is 0.138. The molecule has 108 valence electrons. The largest absolute Gasteiger partial charge is 0.442 e. The van der Waals surface area contributed by atoms with Crippen molar-refractivity contribution in [3.8, 4) is 11.4 Å². The molecule has 0 unspecified atom stereocenters. The molecule has 7 heteroatoms. The third kappa shape index (κ3) is 2.49. The molecular formula is C14H14N4O3. The molecule has 0 radical (unpaired) electrons. The number of nitrogens with zero attached hydrogens (tertiary/aromatic N) is 4. The maximum Gasteiger partial charge on any atom is 0.442 e. The SMILES string of the molecule is CCc1noc(Cn2c(-c3ccccc3C)noc2=O)n1. The molecule has 0 aliphatic carbocycles. The molecule has 0 bridgehead atoms. The zero-order valence-corrected chi connectivity index (χ0v) is 11.7. The fraction of sp³-hybridized carbons (Fsp3) is 0.286. The van der Waals surface area contributed by atoms with Crippen LogP contribution in [-0.2, 0) is 13.0 Å². The predicted molar refractivity (Wildman–Crippen MR) is 73.7 cm³/mol. The molecule has 0 atom stereocenters. The molecule has 0 spiro atoms. The number of aryl methyl sites for hydroxylation is 2. The van der Waals surface area contributed by atoms with E-state index in [9.17, 15) is 4.79 Å². The summed E-state index contributed by atoms with van der Waals surface area (Å²) in [6.45, 7) is 4.01. The van der Waals surface area contributed by atoms with E-state index >= 15 is 0 Å². The van der Waals surface area contributed by atoms with Gasteiger partial charge in [-0.25, -0.2) is 9.36 Å². The molecule has 0 aliphatic rings. The third-order valence-corrected chi connectivity index (χ3v) is 3.19. The molecule has 3 aromatic rings. The molecule has 0 saturated heterocycles. The van der Waals surface area contributed by atoms with E-state index in [4.69, 9.17) is 9.05 Å². The Kier molecular flexibility index (Phi) is 3.39. The standard InChI is InChI=1S/C14H14N4O3/c1-3-11-15-12(20-16-11)8-18-13(17-21-14(18)19)10-7-5-4-6-9(10)2/h4-7H,3,8H2,1-2H3. The Morgan fingerprint density at radius 3 is 2.71 bits per heavy atom. The molecule has 0 saturated carbocycles. The van der Waals surface area contributed by atoms with Gasteiger partial charge in [0, 0.05) is 12.0 Å². The van der Waals surface area contributed by atoms with Gasteiger partial charge in [-0.1, -0.05) is 41.5 Å². The van der Waals surface area contributed by atoms with E-state index in [2.05, 4.69) is 15.3 Å². The summed E-state index contributed by atoms with van der Waals surface area (Å²) in [6, 6.07) is 7.63. The van der Waals surface area contributed by atoms with Gasteiger partial charge >= 0.3 is 5.76 Å². The summed E-state index contributed by atoms with van der Waals surface area (Å²) in [6.07, 6.45) is 0.673. The summed E-state index contributed by atoms with van der Waals surface area (Å²) in [4.78, 5) is 16.0. The van der Waals surface area contributed by atoms with Crippen LogP contribution in [0.4, 0.5) is 0 Å². The maximum absolute atomic E-state index is 11.8. The lowest BCUT2D eigenvalue weighted by molar-refractivity contribution is 0.351. The molecule has 3 rings (SSSR count). The van der Waals surface area contributed by atoms with Crippen molar-refractivity contribution in [2.75, 3.05) is 0 Å². The summed E-state index contributed by atoms with van der Waals surface area (Å²) in [5.74, 6) is 0.859. The van der Waals surface area contributed by atoms with Gasteiger partial charge in [-0.15, -0.1) is 0 Å². The van der Waals surface area contributed by atoms with E-state index in [1.54, 1.807) is 0 Å². The van der Waals surface area contributed by atoms with Gasteiger partial charge in [0.15, 0.2) is 11.6 Å². The van der Waals surface area contributed by atoms with Gasteiger partial charge < -0.3 is 4.52 Å². The van der Waals surface area contributed by atoms with Gasteiger partial charge in [0.05, 0.1) is 0 Å². The monoisotopic (exact) mass is 286 g/mol. The average molecular weight is 286 g/mol. The Morgan fingerprint density at radius 1 is 1.19 bits per heavy atom. The molecule has 21 heavy (non-hydrogen) atoms. The van der Waals surface area contributed by atoms with Crippen LogP contribution in [0.3, 0.4) is 0 Å². The lowest BCUT2D eigenvalue weighted by Crippen LogP contribution is -2.16. The highest BCUT2D eigenvalue weighted by molar-refractivity contribution is 5.59. The number of aromatic nitrogens is 4. The van der Waals surface area contributed by atoms with Crippen LogP contribution in [-0.4, -0.2) is 19.9 Å². The van der Waals surface area contributed by atoms with Crippen molar-refractivity contribution in [2.45, 2.75) is 26.8 Å². The molecule has 2 aromatic heterocycles. The van der Waals surface area contributed by atoms with E-state index < -0.39 is 5.76 Å². The lowest BCUT2D eigenvalue weighted by atomic mass is 10.1. The summed E-state index contributed by atoms with van der Waals surface area (Å²) in [5.41, 5.74) is 1.83. The van der Waals surface area contributed by atoms with Gasteiger partial charge in [-0.2, -0.15) is 4.98 Å². The first-order valence-electron chi connectivity index (χ1n) is 6.63. The van der Waals surface area contributed by atoms with Crippen LogP contribution in [0, 0.1) is 6.92 Å².